The third-order valence-electron chi connectivity index (χ3n) is 3.38. The van der Waals surface area contributed by atoms with E-state index in [1.54, 1.807) is 24.3 Å². The summed E-state index contributed by atoms with van der Waals surface area (Å²) in [6.45, 7) is 0. The second kappa shape index (κ2) is 6.02. The minimum absolute atomic E-state index is 0.0433. The van der Waals surface area contributed by atoms with E-state index in [-0.39, 0.29) is 17.9 Å². The molecule has 116 valence electrons. The lowest BCUT2D eigenvalue weighted by atomic mass is 10.1. The molecule has 0 bridgehead atoms. The number of carbonyl (C=O) groups is 3. The van der Waals surface area contributed by atoms with Crippen LogP contribution in [0.25, 0.3) is 0 Å². The van der Waals surface area contributed by atoms with Gasteiger partial charge in [-0.25, -0.2) is 0 Å². The van der Waals surface area contributed by atoms with Crippen LogP contribution in [-0.4, -0.2) is 17.7 Å². The minimum Gasteiger partial charge on any atom is -0.326 e. The number of imide groups is 1. The predicted octanol–water partition coefficient (Wildman–Crippen LogP) is 3.06. The number of hydrogen-bond acceptors (Lipinski definition) is 3. The summed E-state index contributed by atoms with van der Waals surface area (Å²) in [5.74, 6) is -1.22. The first kappa shape index (κ1) is 15.5. The number of nitrogens with one attached hydrogen (secondary N) is 2. The molecule has 0 saturated carbocycles. The maximum Gasteiger partial charge on any atom is 0.259 e. The lowest BCUT2D eigenvalue weighted by Crippen LogP contribution is -2.19. The molecule has 2 N–H and O–H groups in total. The van der Waals surface area contributed by atoms with E-state index >= 15 is 0 Å². The van der Waals surface area contributed by atoms with Gasteiger partial charge in [0, 0.05) is 15.7 Å². The quantitative estimate of drug-likeness (QED) is 0.837. The highest BCUT2D eigenvalue weighted by molar-refractivity contribution is 6.33. The van der Waals surface area contributed by atoms with E-state index in [1.807, 2.05) is 0 Å². The molecule has 0 spiro atoms. The summed E-state index contributed by atoms with van der Waals surface area (Å²) < 4.78 is 0. The molecule has 1 aliphatic heterocycles. The Morgan fingerprint density at radius 2 is 1.74 bits per heavy atom. The molecule has 0 unspecified atom stereocenters. The number of benzene rings is 2. The smallest absolute Gasteiger partial charge is 0.259 e. The zero-order valence-electron chi connectivity index (χ0n) is 11.7. The van der Waals surface area contributed by atoms with Crippen LogP contribution < -0.4 is 10.6 Å². The van der Waals surface area contributed by atoms with Crippen molar-refractivity contribution >= 4 is 46.6 Å². The fraction of sp³-hybridized carbons (Fsp3) is 0.0625. The molecule has 1 heterocycles. The highest BCUT2D eigenvalue weighted by atomic mass is 35.5. The van der Waals surface area contributed by atoms with Crippen LogP contribution in [0.3, 0.4) is 0 Å². The van der Waals surface area contributed by atoms with Crippen molar-refractivity contribution in [2.75, 3.05) is 5.32 Å². The second-order valence-electron chi connectivity index (χ2n) is 5.00. The van der Waals surface area contributed by atoms with Crippen molar-refractivity contribution in [2.24, 2.45) is 0 Å². The number of rotatable bonds is 3. The molecule has 0 aromatic heterocycles. The number of carbonyl (C=O) groups excluding carboxylic acids is 3. The van der Waals surface area contributed by atoms with Gasteiger partial charge in [-0.3, -0.25) is 19.7 Å². The third-order valence-corrected chi connectivity index (χ3v) is 3.98. The molecule has 1 aliphatic rings. The molecule has 7 heteroatoms. The Kier molecular flexibility index (Phi) is 4.07. The van der Waals surface area contributed by atoms with Gasteiger partial charge in [-0.2, -0.15) is 0 Å². The van der Waals surface area contributed by atoms with Crippen molar-refractivity contribution < 1.29 is 14.4 Å². The minimum atomic E-state index is -0.473. The molecule has 3 amide bonds. The van der Waals surface area contributed by atoms with Crippen LogP contribution in [-0.2, 0) is 11.2 Å². The summed E-state index contributed by atoms with van der Waals surface area (Å²) in [5.41, 5.74) is 1.57. The zero-order chi connectivity index (χ0) is 16.6. The largest absolute Gasteiger partial charge is 0.326 e. The van der Waals surface area contributed by atoms with E-state index in [0.29, 0.717) is 26.9 Å². The van der Waals surface area contributed by atoms with E-state index in [9.17, 15) is 14.4 Å². The Balaban J connectivity index is 1.76. The van der Waals surface area contributed by atoms with E-state index in [1.165, 1.54) is 12.1 Å². The van der Waals surface area contributed by atoms with Gasteiger partial charge in [0.2, 0.25) is 5.91 Å². The van der Waals surface area contributed by atoms with Crippen molar-refractivity contribution in [3.05, 3.63) is 63.1 Å². The van der Waals surface area contributed by atoms with Gasteiger partial charge < -0.3 is 5.32 Å². The van der Waals surface area contributed by atoms with Crippen LogP contribution >= 0.6 is 23.2 Å². The average Bonchev–Trinajstić information content (AvgIpc) is 2.77. The molecule has 0 atom stereocenters. The number of amides is 3. The van der Waals surface area contributed by atoms with E-state index < -0.39 is 11.8 Å². The van der Waals surface area contributed by atoms with E-state index in [2.05, 4.69) is 10.6 Å². The average molecular weight is 349 g/mol. The molecule has 0 aliphatic carbocycles. The van der Waals surface area contributed by atoms with Gasteiger partial charge in [-0.15, -0.1) is 0 Å². The lowest BCUT2D eigenvalue weighted by molar-refractivity contribution is -0.115. The Hall–Kier alpha value is -2.37. The van der Waals surface area contributed by atoms with Gasteiger partial charge >= 0.3 is 0 Å². The third kappa shape index (κ3) is 3.21. The Morgan fingerprint density at radius 3 is 2.52 bits per heavy atom. The number of halogens is 2. The van der Waals surface area contributed by atoms with Gasteiger partial charge in [0.05, 0.1) is 17.5 Å². The second-order valence-corrected chi connectivity index (χ2v) is 5.85. The summed E-state index contributed by atoms with van der Waals surface area (Å²) >= 11 is 11.9. The van der Waals surface area contributed by atoms with Gasteiger partial charge in [-0.05, 0) is 42.0 Å². The van der Waals surface area contributed by atoms with Crippen LogP contribution in [0, 0.1) is 0 Å². The van der Waals surface area contributed by atoms with Gasteiger partial charge in [-0.1, -0.05) is 23.2 Å². The highest BCUT2D eigenvalue weighted by Gasteiger charge is 2.26. The Morgan fingerprint density at radius 1 is 1.00 bits per heavy atom. The van der Waals surface area contributed by atoms with Crippen molar-refractivity contribution in [1.82, 2.24) is 5.32 Å². The molecule has 5 nitrogen and oxygen atoms in total. The molecular weight excluding hydrogens is 339 g/mol. The molecule has 23 heavy (non-hydrogen) atoms. The van der Waals surface area contributed by atoms with Gasteiger partial charge in [0.15, 0.2) is 0 Å². The molecule has 0 saturated heterocycles. The monoisotopic (exact) mass is 348 g/mol. The molecule has 3 rings (SSSR count). The number of fused-ring (bicyclic) bond motifs is 1. The Bertz CT molecular complexity index is 849. The summed E-state index contributed by atoms with van der Waals surface area (Å²) in [6.07, 6.45) is 0.0433. The summed E-state index contributed by atoms with van der Waals surface area (Å²) in [4.78, 5) is 35.2. The van der Waals surface area contributed by atoms with Crippen molar-refractivity contribution in [1.29, 1.82) is 0 Å². The normalized spacial score (nSPS) is 12.8. The standard InChI is InChI=1S/C16H10Cl2N2O3/c17-9-1-4-13(18)8(5-9)6-14(21)19-10-2-3-11-12(7-10)16(23)20-15(11)22/h1-5,7H,6H2,(H,19,21)(H,20,22,23). The van der Waals surface area contributed by atoms with Crippen LogP contribution in [0.15, 0.2) is 36.4 Å². The molecular formula is C16H10Cl2N2O3. The molecule has 2 aromatic carbocycles. The lowest BCUT2D eigenvalue weighted by Gasteiger charge is -2.08. The van der Waals surface area contributed by atoms with Gasteiger partial charge in [0.25, 0.3) is 11.8 Å². The van der Waals surface area contributed by atoms with Crippen molar-refractivity contribution in [3.63, 3.8) is 0 Å². The summed E-state index contributed by atoms with van der Waals surface area (Å²) in [7, 11) is 0. The Labute approximate surface area is 141 Å². The zero-order valence-corrected chi connectivity index (χ0v) is 13.2. The SMILES string of the molecule is O=C(Cc1cc(Cl)ccc1Cl)Nc1ccc2c(c1)C(=O)NC2=O. The molecule has 0 radical (unpaired) electrons. The van der Waals surface area contributed by atoms with Crippen molar-refractivity contribution in [2.45, 2.75) is 6.42 Å². The first-order valence-corrected chi connectivity index (χ1v) is 7.43. The highest BCUT2D eigenvalue weighted by Crippen LogP contribution is 2.23. The van der Waals surface area contributed by atoms with Crippen LogP contribution in [0.4, 0.5) is 5.69 Å². The predicted molar refractivity (Wildman–Crippen MR) is 87.0 cm³/mol. The number of hydrogen-bond donors (Lipinski definition) is 2. The first-order chi connectivity index (χ1) is 10.9. The van der Waals surface area contributed by atoms with Crippen molar-refractivity contribution in [3.8, 4) is 0 Å². The number of anilines is 1. The van der Waals surface area contributed by atoms with Crippen LogP contribution in [0.1, 0.15) is 26.3 Å². The maximum atomic E-state index is 12.1. The fourth-order valence-electron chi connectivity index (χ4n) is 2.30. The van der Waals surface area contributed by atoms with Gasteiger partial charge in [0.1, 0.15) is 0 Å². The van der Waals surface area contributed by atoms with E-state index in [4.69, 9.17) is 23.2 Å². The summed E-state index contributed by atoms with van der Waals surface area (Å²) in [6, 6.07) is 9.41. The fourth-order valence-corrected chi connectivity index (χ4v) is 2.68. The first-order valence-electron chi connectivity index (χ1n) is 6.67. The molecule has 0 fully saturated rings. The van der Waals surface area contributed by atoms with E-state index in [0.717, 1.165) is 0 Å². The van der Waals surface area contributed by atoms with Crippen LogP contribution in [0.5, 0.6) is 0 Å². The topological polar surface area (TPSA) is 75.3 Å². The molecule has 2 aromatic rings. The van der Waals surface area contributed by atoms with Crippen LogP contribution in [0.2, 0.25) is 10.0 Å². The summed E-state index contributed by atoms with van der Waals surface area (Å²) in [5, 5.41) is 5.80. The maximum absolute atomic E-state index is 12.1.